The van der Waals surface area contributed by atoms with Crippen LogP contribution in [-0.2, 0) is 20.4 Å². The van der Waals surface area contributed by atoms with Crippen LogP contribution in [0, 0.1) is 0 Å². The summed E-state index contributed by atoms with van der Waals surface area (Å²) in [5, 5.41) is 13.0. The molecule has 0 fully saturated rings. The number of carbonyl (C=O) groups excluding carboxylic acids is 1. The van der Waals surface area contributed by atoms with Gasteiger partial charge in [0.2, 0.25) is 0 Å². The molecule has 2 rings (SSSR count). The molecule has 1 heterocycles. The fraction of sp³-hybridized carbons (Fsp3) is 0.375. The van der Waals surface area contributed by atoms with E-state index in [0.29, 0.717) is 10.6 Å². The largest absolute Gasteiger partial charge is 0.386 e. The van der Waals surface area contributed by atoms with Gasteiger partial charge in [-0.25, -0.2) is 17.8 Å². The second-order valence-electron chi connectivity index (χ2n) is 5.83. The normalized spacial score (nSPS) is 14.1. The first-order chi connectivity index (χ1) is 12.6. The molecule has 1 aromatic carbocycles. The van der Waals surface area contributed by atoms with Gasteiger partial charge in [-0.3, -0.25) is 4.79 Å². The lowest BCUT2D eigenvalue weighted by atomic mass is 10.0. The molecule has 1 aromatic heterocycles. The van der Waals surface area contributed by atoms with Crippen LogP contribution in [0.25, 0.3) is 10.4 Å². The molecule has 2 N–H and O–H groups in total. The first kappa shape index (κ1) is 22.0. The van der Waals surface area contributed by atoms with Crippen molar-refractivity contribution in [1.82, 2.24) is 10.3 Å². The van der Waals surface area contributed by atoms with E-state index >= 15 is 0 Å². The minimum atomic E-state index is -3.17. The Labute approximate surface area is 170 Å². The predicted molar refractivity (Wildman–Crippen MR) is 104 cm³/mol. The summed E-state index contributed by atoms with van der Waals surface area (Å²) in [6, 6.07) is 5.37. The number of nitrogens with zero attached hydrogens (tertiary/aromatic N) is 1. The van der Waals surface area contributed by atoms with Crippen molar-refractivity contribution in [1.29, 1.82) is 0 Å². The van der Waals surface area contributed by atoms with Crippen molar-refractivity contribution >= 4 is 50.3 Å². The number of alkyl halides is 3. The van der Waals surface area contributed by atoms with Crippen LogP contribution in [0.5, 0.6) is 0 Å². The average molecular weight is 455 g/mol. The molecular weight excluding hydrogens is 438 g/mol. The van der Waals surface area contributed by atoms with Gasteiger partial charge in [0.15, 0.2) is 14.7 Å². The minimum Gasteiger partial charge on any atom is -0.386 e. The van der Waals surface area contributed by atoms with Crippen LogP contribution in [0.4, 0.5) is 4.39 Å². The molecule has 0 saturated carbocycles. The summed E-state index contributed by atoms with van der Waals surface area (Å²) >= 11 is 12.1. The first-order valence-electron chi connectivity index (χ1n) is 7.66. The SMILES string of the molecule is CS(=O)(=O)Cc1ncc(-c2ccc(C(O)C(CF)NC(=O)C(Cl)Cl)cc2)s1. The molecule has 11 heteroatoms. The lowest BCUT2D eigenvalue weighted by molar-refractivity contribution is -0.121. The third-order valence-corrected chi connectivity index (χ3v) is 5.97. The maximum Gasteiger partial charge on any atom is 0.253 e. The summed E-state index contributed by atoms with van der Waals surface area (Å²) in [5.74, 6) is -0.922. The van der Waals surface area contributed by atoms with Gasteiger partial charge in [0.1, 0.15) is 23.5 Å². The van der Waals surface area contributed by atoms with E-state index in [2.05, 4.69) is 10.3 Å². The average Bonchev–Trinajstić information content (AvgIpc) is 3.05. The van der Waals surface area contributed by atoms with Gasteiger partial charge in [0.05, 0.1) is 10.9 Å². The Hall–Kier alpha value is -1.26. The molecule has 0 saturated heterocycles. The van der Waals surface area contributed by atoms with Gasteiger partial charge in [0, 0.05) is 12.5 Å². The molecule has 0 spiro atoms. The topological polar surface area (TPSA) is 96.4 Å². The summed E-state index contributed by atoms with van der Waals surface area (Å²) in [5.41, 5.74) is 1.16. The maximum absolute atomic E-state index is 13.2. The highest BCUT2D eigenvalue weighted by Gasteiger charge is 2.25. The van der Waals surface area contributed by atoms with Crippen molar-refractivity contribution in [2.24, 2.45) is 0 Å². The van der Waals surface area contributed by atoms with Gasteiger partial charge < -0.3 is 10.4 Å². The van der Waals surface area contributed by atoms with Gasteiger partial charge in [-0.1, -0.05) is 47.5 Å². The van der Waals surface area contributed by atoms with E-state index in [9.17, 15) is 22.7 Å². The number of rotatable bonds is 8. The van der Waals surface area contributed by atoms with E-state index in [1.165, 1.54) is 11.3 Å². The van der Waals surface area contributed by atoms with Gasteiger partial charge in [0.25, 0.3) is 5.91 Å². The molecule has 0 radical (unpaired) electrons. The summed E-state index contributed by atoms with van der Waals surface area (Å²) < 4.78 is 35.9. The third-order valence-electron chi connectivity index (χ3n) is 3.55. The highest BCUT2D eigenvalue weighted by molar-refractivity contribution is 7.90. The van der Waals surface area contributed by atoms with Crippen LogP contribution in [-0.4, -0.2) is 48.2 Å². The number of amides is 1. The molecule has 1 amide bonds. The highest BCUT2D eigenvalue weighted by Crippen LogP contribution is 2.29. The molecule has 148 valence electrons. The fourth-order valence-corrected chi connectivity index (χ4v) is 4.50. The third kappa shape index (κ3) is 6.39. The van der Waals surface area contributed by atoms with Crippen molar-refractivity contribution in [2.75, 3.05) is 12.9 Å². The molecule has 0 aliphatic heterocycles. The number of aliphatic hydroxyl groups excluding tert-OH is 1. The Morgan fingerprint density at radius 1 is 1.33 bits per heavy atom. The summed E-state index contributed by atoms with van der Waals surface area (Å²) in [7, 11) is -3.17. The van der Waals surface area contributed by atoms with E-state index in [1.54, 1.807) is 30.5 Å². The Kier molecular flexibility index (Phi) is 7.58. The first-order valence-corrected chi connectivity index (χ1v) is 11.4. The zero-order valence-electron chi connectivity index (χ0n) is 14.1. The van der Waals surface area contributed by atoms with Crippen molar-refractivity contribution < 1.29 is 22.7 Å². The predicted octanol–water partition coefficient (Wildman–Crippen LogP) is 2.65. The van der Waals surface area contributed by atoms with Gasteiger partial charge in [-0.05, 0) is 11.1 Å². The van der Waals surface area contributed by atoms with Crippen molar-refractivity contribution in [3.8, 4) is 10.4 Å². The van der Waals surface area contributed by atoms with E-state index in [-0.39, 0.29) is 5.75 Å². The van der Waals surface area contributed by atoms with Crippen LogP contribution in [0.3, 0.4) is 0 Å². The smallest absolute Gasteiger partial charge is 0.253 e. The number of carbonyl (C=O) groups is 1. The summed E-state index contributed by atoms with van der Waals surface area (Å²) in [4.78, 5) is 15.0. The van der Waals surface area contributed by atoms with E-state index < -0.39 is 39.4 Å². The monoisotopic (exact) mass is 454 g/mol. The zero-order valence-corrected chi connectivity index (χ0v) is 17.2. The quantitative estimate of drug-likeness (QED) is 0.597. The Bertz CT molecular complexity index is 888. The molecule has 6 nitrogen and oxygen atoms in total. The number of halogens is 3. The number of sulfone groups is 1. The lowest BCUT2D eigenvalue weighted by Crippen LogP contribution is -2.43. The lowest BCUT2D eigenvalue weighted by Gasteiger charge is -2.22. The molecule has 0 aliphatic carbocycles. The minimum absolute atomic E-state index is 0.130. The van der Waals surface area contributed by atoms with Gasteiger partial charge in [-0.2, -0.15) is 0 Å². The Morgan fingerprint density at radius 2 is 1.96 bits per heavy atom. The zero-order chi connectivity index (χ0) is 20.2. The number of hydrogen-bond acceptors (Lipinski definition) is 6. The standard InChI is InChI=1S/C16H17Cl2FN2O4S2/c1-27(24,25)8-13-20-7-12(26-13)9-2-4-10(5-3-9)14(22)11(6-19)21-16(23)15(17)18/h2-5,7,11,14-15,22H,6,8H2,1H3,(H,21,23). The number of benzene rings is 1. The van der Waals surface area contributed by atoms with Crippen LogP contribution in [0.15, 0.2) is 30.5 Å². The molecule has 2 aromatic rings. The van der Waals surface area contributed by atoms with Crippen molar-refractivity contribution in [2.45, 2.75) is 22.7 Å². The molecule has 27 heavy (non-hydrogen) atoms. The van der Waals surface area contributed by atoms with Crippen molar-refractivity contribution in [3.63, 3.8) is 0 Å². The van der Waals surface area contributed by atoms with E-state index in [0.717, 1.165) is 16.7 Å². The Morgan fingerprint density at radius 3 is 2.48 bits per heavy atom. The second-order valence-corrected chi connectivity index (χ2v) is 10.2. The Balaban J connectivity index is 2.13. The van der Waals surface area contributed by atoms with Gasteiger partial charge >= 0.3 is 0 Å². The van der Waals surface area contributed by atoms with E-state index in [1.807, 2.05) is 0 Å². The number of nitrogens with one attached hydrogen (secondary N) is 1. The number of hydrogen-bond donors (Lipinski definition) is 2. The van der Waals surface area contributed by atoms with Crippen LogP contribution in [0.1, 0.15) is 16.7 Å². The van der Waals surface area contributed by atoms with Crippen LogP contribution < -0.4 is 5.32 Å². The maximum atomic E-state index is 13.2. The number of thiazole rings is 1. The molecule has 0 aliphatic rings. The van der Waals surface area contributed by atoms with E-state index in [4.69, 9.17) is 23.2 Å². The molecule has 2 atom stereocenters. The van der Waals surface area contributed by atoms with Crippen LogP contribution in [0.2, 0.25) is 0 Å². The van der Waals surface area contributed by atoms with Crippen molar-refractivity contribution in [3.05, 3.63) is 41.0 Å². The molecule has 0 bridgehead atoms. The summed E-state index contributed by atoms with van der Waals surface area (Å²) in [6.45, 7) is -1.00. The highest BCUT2D eigenvalue weighted by atomic mass is 35.5. The molecular formula is C16H17Cl2FN2O4S2. The fourth-order valence-electron chi connectivity index (χ4n) is 2.26. The summed E-state index contributed by atoms with van der Waals surface area (Å²) in [6.07, 6.45) is 1.42. The molecule has 2 unspecified atom stereocenters. The van der Waals surface area contributed by atoms with Crippen LogP contribution >= 0.6 is 34.5 Å². The number of aromatic nitrogens is 1. The second kappa shape index (κ2) is 9.29. The van der Waals surface area contributed by atoms with Gasteiger partial charge in [-0.15, -0.1) is 11.3 Å². The number of aliphatic hydroxyl groups is 1.